The molecular weight excluding hydrogens is 211 g/mol. The van der Waals surface area contributed by atoms with Crippen molar-refractivity contribution in [3.63, 3.8) is 0 Å². The second-order valence-corrected chi connectivity index (χ2v) is 3.86. The maximum Gasteiger partial charge on any atom is 0.227 e. The fourth-order valence-corrected chi connectivity index (χ4v) is 1.76. The predicted molar refractivity (Wildman–Crippen MR) is 55.2 cm³/mol. The molecule has 0 spiro atoms. The molecule has 1 atom stereocenters. The second kappa shape index (κ2) is 4.38. The van der Waals surface area contributed by atoms with E-state index in [2.05, 4.69) is 10.3 Å². The summed E-state index contributed by atoms with van der Waals surface area (Å²) in [6.07, 6.45) is 3.76. The number of ketones is 1. The Morgan fingerprint density at radius 1 is 1.50 bits per heavy atom. The first-order valence-electron chi connectivity index (χ1n) is 5.08. The Labute approximate surface area is 91.9 Å². The number of Topliss-reactive ketones (excluding diaryl/α,β-unsaturated/α-hetero) is 1. The van der Waals surface area contributed by atoms with Crippen LogP contribution in [0, 0.1) is 11.7 Å². The van der Waals surface area contributed by atoms with Crippen molar-refractivity contribution in [1.29, 1.82) is 0 Å². The topological polar surface area (TPSA) is 59.1 Å². The molecule has 0 bridgehead atoms. The van der Waals surface area contributed by atoms with Crippen LogP contribution in [0.25, 0.3) is 0 Å². The third-order valence-corrected chi connectivity index (χ3v) is 2.59. The van der Waals surface area contributed by atoms with Gasteiger partial charge in [0.2, 0.25) is 5.91 Å². The molecule has 1 aliphatic rings. The summed E-state index contributed by atoms with van der Waals surface area (Å²) >= 11 is 0. The molecule has 1 N–H and O–H groups in total. The average molecular weight is 222 g/mol. The summed E-state index contributed by atoms with van der Waals surface area (Å²) in [4.78, 5) is 26.3. The van der Waals surface area contributed by atoms with E-state index in [1.54, 1.807) is 0 Å². The van der Waals surface area contributed by atoms with Crippen LogP contribution in [-0.2, 0) is 9.59 Å². The molecule has 1 aliphatic carbocycles. The lowest BCUT2D eigenvalue weighted by molar-refractivity contribution is -0.122. The number of carbonyl (C=O) groups is 2. The van der Waals surface area contributed by atoms with E-state index >= 15 is 0 Å². The van der Waals surface area contributed by atoms with Gasteiger partial charge in [-0.1, -0.05) is 0 Å². The molecule has 4 nitrogen and oxygen atoms in total. The van der Waals surface area contributed by atoms with E-state index in [0.29, 0.717) is 18.5 Å². The van der Waals surface area contributed by atoms with Gasteiger partial charge in [0.05, 0.1) is 18.1 Å². The van der Waals surface area contributed by atoms with Crippen LogP contribution in [0.3, 0.4) is 0 Å². The molecule has 0 aliphatic heterocycles. The Balaban J connectivity index is 1.99. The van der Waals surface area contributed by atoms with Crippen molar-refractivity contribution in [3.8, 4) is 0 Å². The number of nitrogens with zero attached hydrogens (tertiary/aromatic N) is 1. The van der Waals surface area contributed by atoms with Crippen molar-refractivity contribution in [3.05, 3.63) is 24.3 Å². The van der Waals surface area contributed by atoms with Gasteiger partial charge in [0, 0.05) is 24.8 Å². The van der Waals surface area contributed by atoms with Gasteiger partial charge in [0.15, 0.2) is 0 Å². The summed E-state index contributed by atoms with van der Waals surface area (Å²) in [5, 5.41) is 2.55. The van der Waals surface area contributed by atoms with Gasteiger partial charge in [-0.3, -0.25) is 14.6 Å². The van der Waals surface area contributed by atoms with E-state index < -0.39 is 5.82 Å². The molecule has 2 rings (SSSR count). The van der Waals surface area contributed by atoms with E-state index in [4.69, 9.17) is 0 Å². The van der Waals surface area contributed by atoms with Gasteiger partial charge in [0.1, 0.15) is 11.6 Å². The van der Waals surface area contributed by atoms with E-state index in [0.717, 1.165) is 6.20 Å². The number of aromatic nitrogens is 1. The number of anilines is 1. The molecule has 5 heteroatoms. The molecule has 0 saturated heterocycles. The fourth-order valence-electron chi connectivity index (χ4n) is 1.76. The second-order valence-electron chi connectivity index (χ2n) is 3.86. The van der Waals surface area contributed by atoms with E-state index in [1.807, 2.05) is 0 Å². The summed E-state index contributed by atoms with van der Waals surface area (Å²) in [5.74, 6) is -0.910. The summed E-state index contributed by atoms with van der Waals surface area (Å²) in [6, 6.07) is 1.20. The summed E-state index contributed by atoms with van der Waals surface area (Å²) in [5.41, 5.74) is 0.323. The third kappa shape index (κ3) is 2.42. The molecule has 1 amide bonds. The predicted octanol–water partition coefficient (Wildman–Crippen LogP) is 1.53. The normalized spacial score (nSPS) is 19.8. The average Bonchev–Trinajstić information content (AvgIpc) is 2.65. The summed E-state index contributed by atoms with van der Waals surface area (Å²) < 4.78 is 12.8. The van der Waals surface area contributed by atoms with Gasteiger partial charge < -0.3 is 5.32 Å². The Hall–Kier alpha value is -1.78. The summed E-state index contributed by atoms with van der Waals surface area (Å²) in [6.45, 7) is 0. The number of carbonyl (C=O) groups excluding carboxylic acids is 2. The van der Waals surface area contributed by atoms with Crippen molar-refractivity contribution in [2.45, 2.75) is 19.3 Å². The SMILES string of the molecule is O=C1CCC(C(=O)Nc2cncc(F)c2)C1. The Morgan fingerprint density at radius 2 is 2.31 bits per heavy atom. The van der Waals surface area contributed by atoms with Crippen LogP contribution >= 0.6 is 0 Å². The highest BCUT2D eigenvalue weighted by atomic mass is 19.1. The van der Waals surface area contributed by atoms with Gasteiger partial charge in [0.25, 0.3) is 0 Å². The minimum absolute atomic E-state index is 0.109. The first-order chi connectivity index (χ1) is 7.65. The van der Waals surface area contributed by atoms with E-state index in [9.17, 15) is 14.0 Å². The molecule has 1 aromatic rings. The molecule has 0 aromatic carbocycles. The lowest BCUT2D eigenvalue weighted by atomic mass is 10.1. The maximum atomic E-state index is 12.8. The number of pyridine rings is 1. The van der Waals surface area contributed by atoms with Crippen LogP contribution in [0.15, 0.2) is 18.5 Å². The van der Waals surface area contributed by atoms with Crippen molar-refractivity contribution in [2.75, 3.05) is 5.32 Å². The number of nitrogens with one attached hydrogen (secondary N) is 1. The summed E-state index contributed by atoms with van der Waals surface area (Å²) in [7, 11) is 0. The molecule has 0 radical (unpaired) electrons. The molecule has 84 valence electrons. The highest BCUT2D eigenvalue weighted by Gasteiger charge is 2.28. The Morgan fingerprint density at radius 3 is 2.94 bits per heavy atom. The standard InChI is InChI=1S/C11H11FN2O2/c12-8-4-9(6-13-5-8)14-11(16)7-1-2-10(15)3-7/h4-7H,1-3H2,(H,14,16). The molecule has 1 unspecified atom stereocenters. The minimum atomic E-state index is -0.500. The fraction of sp³-hybridized carbons (Fsp3) is 0.364. The molecule has 16 heavy (non-hydrogen) atoms. The van der Waals surface area contributed by atoms with Crippen molar-refractivity contribution < 1.29 is 14.0 Å². The van der Waals surface area contributed by atoms with Gasteiger partial charge >= 0.3 is 0 Å². The Kier molecular flexibility index (Phi) is 2.94. The molecule has 1 aromatic heterocycles. The van der Waals surface area contributed by atoms with Crippen LogP contribution in [0.4, 0.5) is 10.1 Å². The van der Waals surface area contributed by atoms with Crippen LogP contribution in [0.2, 0.25) is 0 Å². The van der Waals surface area contributed by atoms with Crippen molar-refractivity contribution in [1.82, 2.24) is 4.98 Å². The number of hydrogen-bond donors (Lipinski definition) is 1. The molecule has 1 fully saturated rings. The first kappa shape index (κ1) is 10.7. The van der Waals surface area contributed by atoms with Crippen molar-refractivity contribution >= 4 is 17.4 Å². The Bertz CT molecular complexity index is 434. The van der Waals surface area contributed by atoms with Crippen LogP contribution < -0.4 is 5.32 Å². The van der Waals surface area contributed by atoms with Gasteiger partial charge in [-0.05, 0) is 6.42 Å². The lowest BCUT2D eigenvalue weighted by Crippen LogP contribution is -2.20. The zero-order valence-corrected chi connectivity index (χ0v) is 8.57. The molecule has 1 heterocycles. The quantitative estimate of drug-likeness (QED) is 0.825. The molecular formula is C11H11FN2O2. The zero-order chi connectivity index (χ0) is 11.5. The monoisotopic (exact) mass is 222 g/mol. The highest BCUT2D eigenvalue weighted by molar-refractivity contribution is 5.97. The largest absolute Gasteiger partial charge is 0.324 e. The third-order valence-electron chi connectivity index (χ3n) is 2.59. The first-order valence-corrected chi connectivity index (χ1v) is 5.08. The van der Waals surface area contributed by atoms with Crippen LogP contribution in [0.5, 0.6) is 0 Å². The van der Waals surface area contributed by atoms with Crippen molar-refractivity contribution in [2.24, 2.45) is 5.92 Å². The van der Waals surface area contributed by atoms with Gasteiger partial charge in [-0.2, -0.15) is 0 Å². The zero-order valence-electron chi connectivity index (χ0n) is 8.57. The van der Waals surface area contributed by atoms with E-state index in [-0.39, 0.29) is 24.0 Å². The number of rotatable bonds is 2. The van der Waals surface area contributed by atoms with Crippen LogP contribution in [-0.4, -0.2) is 16.7 Å². The number of hydrogen-bond acceptors (Lipinski definition) is 3. The van der Waals surface area contributed by atoms with E-state index in [1.165, 1.54) is 12.3 Å². The van der Waals surface area contributed by atoms with Gasteiger partial charge in [-0.15, -0.1) is 0 Å². The number of amides is 1. The van der Waals surface area contributed by atoms with Crippen LogP contribution in [0.1, 0.15) is 19.3 Å². The maximum absolute atomic E-state index is 12.8. The highest BCUT2D eigenvalue weighted by Crippen LogP contribution is 2.23. The van der Waals surface area contributed by atoms with Gasteiger partial charge in [-0.25, -0.2) is 4.39 Å². The minimum Gasteiger partial charge on any atom is -0.324 e. The molecule has 1 saturated carbocycles. The number of halogens is 1. The lowest BCUT2D eigenvalue weighted by Gasteiger charge is -2.08. The smallest absolute Gasteiger partial charge is 0.227 e.